The normalized spacial score (nSPS) is 13.4. The lowest BCUT2D eigenvalue weighted by atomic mass is 10.1. The highest BCUT2D eigenvalue weighted by atomic mass is 16.5. The fourth-order valence-corrected chi connectivity index (χ4v) is 2.95. The van der Waals surface area contributed by atoms with E-state index in [2.05, 4.69) is 57.1 Å². The van der Waals surface area contributed by atoms with Crippen LogP contribution in [0.2, 0.25) is 0 Å². The number of unbranched alkanes of at least 4 members (excludes halogenated alkanes) is 11. The van der Waals surface area contributed by atoms with E-state index in [0.717, 1.165) is 19.6 Å². The molecule has 0 saturated carbocycles. The van der Waals surface area contributed by atoms with Gasteiger partial charge in [0.15, 0.2) is 0 Å². The first kappa shape index (κ1) is 26.4. The van der Waals surface area contributed by atoms with E-state index in [1.807, 2.05) is 0 Å². The maximum Gasteiger partial charge on any atom is 0.0618 e. The zero-order valence-electron chi connectivity index (χ0n) is 19.1. The number of ether oxygens (including phenoxy) is 1. The first-order valence-corrected chi connectivity index (χ1v) is 11.7. The van der Waals surface area contributed by atoms with Crippen molar-refractivity contribution in [3.05, 3.63) is 24.3 Å². The summed E-state index contributed by atoms with van der Waals surface area (Å²) in [5, 5.41) is 0. The molecule has 0 aliphatic carbocycles. The number of hydrogen-bond donors (Lipinski definition) is 0. The van der Waals surface area contributed by atoms with Crippen LogP contribution in [0.15, 0.2) is 24.3 Å². The Balaban J connectivity index is 3.17. The van der Waals surface area contributed by atoms with E-state index in [0.29, 0.717) is 6.04 Å². The van der Waals surface area contributed by atoms with Crippen molar-refractivity contribution in [2.75, 3.05) is 27.3 Å². The fraction of sp³-hybridized carbons (Fsp3) is 0.840. The van der Waals surface area contributed by atoms with Crippen molar-refractivity contribution in [3.8, 4) is 0 Å². The highest BCUT2D eigenvalue weighted by Crippen LogP contribution is 2.10. The molecule has 2 heteroatoms. The van der Waals surface area contributed by atoms with Crippen LogP contribution in [0.1, 0.15) is 104 Å². The zero-order chi connectivity index (χ0) is 20.0. The molecule has 160 valence electrons. The number of hydrogen-bond acceptors (Lipinski definition) is 2. The summed E-state index contributed by atoms with van der Waals surface area (Å²) < 4.78 is 5.73. The summed E-state index contributed by atoms with van der Waals surface area (Å²) >= 11 is 0. The maximum absolute atomic E-state index is 5.73. The molecule has 0 aliphatic rings. The van der Waals surface area contributed by atoms with Crippen molar-refractivity contribution in [2.24, 2.45) is 0 Å². The topological polar surface area (TPSA) is 12.5 Å². The van der Waals surface area contributed by atoms with E-state index < -0.39 is 0 Å². The van der Waals surface area contributed by atoms with Crippen LogP contribution in [0.25, 0.3) is 0 Å². The Morgan fingerprint density at radius 2 is 1.22 bits per heavy atom. The molecule has 0 aromatic carbocycles. The molecule has 27 heavy (non-hydrogen) atoms. The van der Waals surface area contributed by atoms with Crippen molar-refractivity contribution in [1.29, 1.82) is 0 Å². The van der Waals surface area contributed by atoms with Crippen LogP contribution in [0.3, 0.4) is 0 Å². The van der Waals surface area contributed by atoms with Crippen LogP contribution in [0.4, 0.5) is 0 Å². The molecule has 1 atom stereocenters. The van der Waals surface area contributed by atoms with Crippen LogP contribution in [-0.2, 0) is 4.74 Å². The summed E-state index contributed by atoms with van der Waals surface area (Å²) in [5.74, 6) is 0. The molecular formula is C25H49NO. The second-order valence-electron chi connectivity index (χ2n) is 8.18. The first-order valence-electron chi connectivity index (χ1n) is 11.7. The largest absolute Gasteiger partial charge is 0.380 e. The molecule has 0 heterocycles. The molecule has 0 bridgehead atoms. The lowest BCUT2D eigenvalue weighted by Crippen LogP contribution is -2.29. The average molecular weight is 380 g/mol. The van der Waals surface area contributed by atoms with Gasteiger partial charge in [-0.3, -0.25) is 0 Å². The molecule has 0 amide bonds. The summed E-state index contributed by atoms with van der Waals surface area (Å²) in [6.07, 6.45) is 27.9. The Kier molecular flexibility index (Phi) is 21.2. The second-order valence-corrected chi connectivity index (χ2v) is 8.18. The summed E-state index contributed by atoms with van der Waals surface area (Å²) in [5.41, 5.74) is 0. The molecule has 0 rings (SSSR count). The number of likely N-dealkylation sites (N-methyl/N-ethyl adjacent to an activating group) is 1. The predicted octanol–water partition coefficient (Wildman–Crippen LogP) is 7.55. The van der Waals surface area contributed by atoms with Crippen molar-refractivity contribution < 1.29 is 4.74 Å². The number of rotatable bonds is 20. The van der Waals surface area contributed by atoms with E-state index >= 15 is 0 Å². The van der Waals surface area contributed by atoms with E-state index in [1.54, 1.807) is 0 Å². The quantitative estimate of drug-likeness (QED) is 0.160. The molecule has 0 fully saturated rings. The van der Waals surface area contributed by atoms with Gasteiger partial charge < -0.3 is 9.64 Å². The molecule has 0 radical (unpaired) electrons. The third-order valence-corrected chi connectivity index (χ3v) is 5.23. The molecule has 1 unspecified atom stereocenters. The van der Waals surface area contributed by atoms with Crippen LogP contribution in [-0.4, -0.2) is 38.3 Å². The van der Waals surface area contributed by atoms with Gasteiger partial charge in [0.25, 0.3) is 0 Å². The Labute approximate surface area is 171 Å². The molecule has 0 aromatic rings. The van der Waals surface area contributed by atoms with Crippen molar-refractivity contribution >= 4 is 0 Å². The van der Waals surface area contributed by atoms with Gasteiger partial charge in [0.2, 0.25) is 0 Å². The van der Waals surface area contributed by atoms with Crippen LogP contribution >= 0.6 is 0 Å². The molecule has 0 saturated heterocycles. The SMILES string of the molecule is CCCCCC=CCC=CCCCCCCCCCCOCC(C)N(C)C. The van der Waals surface area contributed by atoms with Gasteiger partial charge >= 0.3 is 0 Å². The van der Waals surface area contributed by atoms with Gasteiger partial charge in [-0.05, 0) is 59.5 Å². The van der Waals surface area contributed by atoms with Crippen LogP contribution in [0.5, 0.6) is 0 Å². The molecular weight excluding hydrogens is 330 g/mol. The monoisotopic (exact) mass is 379 g/mol. The number of allylic oxidation sites excluding steroid dienone is 4. The third kappa shape index (κ3) is 21.6. The number of nitrogens with zero attached hydrogens (tertiary/aromatic N) is 1. The van der Waals surface area contributed by atoms with Gasteiger partial charge in [-0.1, -0.05) is 82.6 Å². The van der Waals surface area contributed by atoms with Gasteiger partial charge in [0.1, 0.15) is 0 Å². The lowest BCUT2D eigenvalue weighted by Gasteiger charge is -2.19. The van der Waals surface area contributed by atoms with Crippen molar-refractivity contribution in [1.82, 2.24) is 4.90 Å². The standard InChI is InChI=1S/C25H49NO/c1-5-6-7-8-9-10-11-12-13-14-15-16-17-18-19-20-21-22-23-27-24-25(2)26(3)4/h9-10,12-13,25H,5-8,11,14-24H2,1-4H3. The van der Waals surface area contributed by atoms with Crippen molar-refractivity contribution in [2.45, 2.75) is 110 Å². The second kappa shape index (κ2) is 21.7. The highest BCUT2D eigenvalue weighted by molar-refractivity contribution is 4.92. The minimum atomic E-state index is 0.520. The van der Waals surface area contributed by atoms with Crippen molar-refractivity contribution in [3.63, 3.8) is 0 Å². The molecule has 0 aliphatic heterocycles. The van der Waals surface area contributed by atoms with Gasteiger partial charge in [0, 0.05) is 12.6 Å². The van der Waals surface area contributed by atoms with E-state index in [9.17, 15) is 0 Å². The van der Waals surface area contributed by atoms with E-state index in [4.69, 9.17) is 4.74 Å². The molecule has 0 aromatic heterocycles. The summed E-state index contributed by atoms with van der Waals surface area (Å²) in [7, 11) is 4.22. The predicted molar refractivity (Wildman–Crippen MR) is 123 cm³/mol. The zero-order valence-corrected chi connectivity index (χ0v) is 19.1. The first-order chi connectivity index (χ1) is 13.2. The Hall–Kier alpha value is -0.600. The fourth-order valence-electron chi connectivity index (χ4n) is 2.95. The Morgan fingerprint density at radius 3 is 1.78 bits per heavy atom. The maximum atomic E-state index is 5.73. The summed E-state index contributed by atoms with van der Waals surface area (Å²) in [4.78, 5) is 2.21. The molecule has 0 N–H and O–H groups in total. The van der Waals surface area contributed by atoms with E-state index in [-0.39, 0.29) is 0 Å². The summed E-state index contributed by atoms with van der Waals surface area (Å²) in [6.45, 7) is 6.26. The van der Waals surface area contributed by atoms with Gasteiger partial charge in [-0.2, -0.15) is 0 Å². The average Bonchev–Trinajstić information content (AvgIpc) is 2.66. The Morgan fingerprint density at radius 1 is 0.704 bits per heavy atom. The smallest absolute Gasteiger partial charge is 0.0618 e. The third-order valence-electron chi connectivity index (χ3n) is 5.23. The van der Waals surface area contributed by atoms with Crippen LogP contribution < -0.4 is 0 Å². The van der Waals surface area contributed by atoms with Gasteiger partial charge in [-0.15, -0.1) is 0 Å². The minimum absolute atomic E-state index is 0.520. The molecule has 2 nitrogen and oxygen atoms in total. The lowest BCUT2D eigenvalue weighted by molar-refractivity contribution is 0.0832. The highest BCUT2D eigenvalue weighted by Gasteiger charge is 2.03. The van der Waals surface area contributed by atoms with Crippen LogP contribution in [0, 0.1) is 0 Å². The summed E-state index contributed by atoms with van der Waals surface area (Å²) in [6, 6.07) is 0.520. The van der Waals surface area contributed by atoms with E-state index in [1.165, 1.54) is 83.5 Å². The minimum Gasteiger partial charge on any atom is -0.380 e. The van der Waals surface area contributed by atoms with Gasteiger partial charge in [0.05, 0.1) is 6.61 Å². The van der Waals surface area contributed by atoms with Gasteiger partial charge in [-0.25, -0.2) is 0 Å². The molecule has 0 spiro atoms. The Bertz CT molecular complexity index is 335.